The number of likely N-dealkylation sites (N-methyl/N-ethyl adjacent to an activating group) is 1. The van der Waals surface area contributed by atoms with Gasteiger partial charge in [-0.2, -0.15) is 0 Å². The van der Waals surface area contributed by atoms with Crippen molar-refractivity contribution >= 4 is 58.2 Å². The molecule has 3 aromatic rings. The van der Waals surface area contributed by atoms with E-state index in [1.54, 1.807) is 34.1 Å². The second kappa shape index (κ2) is 9.52. The molecule has 1 saturated carbocycles. The number of ether oxygens (including phenoxy) is 1. The lowest BCUT2D eigenvalue weighted by Crippen LogP contribution is -2.48. The highest BCUT2D eigenvalue weighted by Gasteiger charge is 2.53. The van der Waals surface area contributed by atoms with Crippen LogP contribution in [0.4, 0.5) is 16.2 Å². The summed E-state index contributed by atoms with van der Waals surface area (Å²) < 4.78 is 5.91. The van der Waals surface area contributed by atoms with Crippen LogP contribution in [-0.4, -0.2) is 55.0 Å². The van der Waals surface area contributed by atoms with E-state index in [9.17, 15) is 9.59 Å². The Bertz CT molecular complexity index is 1400. The predicted molar refractivity (Wildman–Crippen MR) is 146 cm³/mol. The van der Waals surface area contributed by atoms with Crippen LogP contribution in [0.5, 0.6) is 5.75 Å². The fourth-order valence-corrected chi connectivity index (χ4v) is 6.11. The number of halogens is 3. The standard InChI is InChI=1S/C28H24Cl3N3O3/c1-32-9-11-33(12-10-32)28(36)37-16-13-18(17-5-2-3-6-21(17)29)25-19-15-20(19)27(35)34(24(25)14-16)26-22(30)7-4-8-23(26)31/h2-8,13-14,19-20H,9-12,15H2,1H3. The SMILES string of the molecule is CN1CCN(C(=O)Oc2cc(-c3ccccc3Cl)c3c(c2)N(c2c(Cl)cccc2Cl)C(=O)C2CC32)CC1. The molecule has 2 unspecified atom stereocenters. The highest BCUT2D eigenvalue weighted by molar-refractivity contribution is 6.40. The molecular weight excluding hydrogens is 533 g/mol. The Morgan fingerprint density at radius 3 is 2.24 bits per heavy atom. The second-order valence-electron chi connectivity index (χ2n) is 9.73. The zero-order valence-electron chi connectivity index (χ0n) is 20.1. The van der Waals surface area contributed by atoms with E-state index in [1.165, 1.54) is 0 Å². The van der Waals surface area contributed by atoms with E-state index in [0.29, 0.717) is 45.3 Å². The highest BCUT2D eigenvalue weighted by Crippen LogP contribution is 2.61. The van der Waals surface area contributed by atoms with Gasteiger partial charge in [0.05, 0.1) is 21.4 Å². The molecule has 37 heavy (non-hydrogen) atoms. The third-order valence-corrected chi connectivity index (χ3v) is 8.30. The monoisotopic (exact) mass is 555 g/mol. The van der Waals surface area contributed by atoms with E-state index in [4.69, 9.17) is 39.5 Å². The summed E-state index contributed by atoms with van der Waals surface area (Å²) in [6, 6.07) is 16.3. The molecule has 0 bridgehead atoms. The van der Waals surface area contributed by atoms with Crippen LogP contribution in [0.3, 0.4) is 0 Å². The number of para-hydroxylation sites is 1. The molecule has 2 amide bonds. The van der Waals surface area contributed by atoms with E-state index in [2.05, 4.69) is 4.90 Å². The van der Waals surface area contributed by atoms with Crippen molar-refractivity contribution in [2.75, 3.05) is 38.1 Å². The largest absolute Gasteiger partial charge is 0.415 e. The highest BCUT2D eigenvalue weighted by atomic mass is 35.5. The fraction of sp³-hybridized carbons (Fsp3) is 0.286. The van der Waals surface area contributed by atoms with Crippen molar-refractivity contribution in [1.29, 1.82) is 0 Å². The molecule has 2 aliphatic heterocycles. The minimum atomic E-state index is -0.424. The van der Waals surface area contributed by atoms with Crippen LogP contribution in [0.2, 0.25) is 15.1 Å². The van der Waals surface area contributed by atoms with Crippen molar-refractivity contribution in [3.8, 4) is 16.9 Å². The first-order valence-corrected chi connectivity index (χ1v) is 13.3. The molecule has 1 aliphatic carbocycles. The molecule has 2 atom stereocenters. The summed E-state index contributed by atoms with van der Waals surface area (Å²) in [6.07, 6.45) is 0.300. The Labute approximate surface area is 230 Å². The van der Waals surface area contributed by atoms with Crippen LogP contribution in [0.25, 0.3) is 11.1 Å². The normalized spacial score (nSPS) is 20.9. The molecule has 190 valence electrons. The number of carbonyl (C=O) groups excluding carboxylic acids is 2. The number of carbonyl (C=O) groups is 2. The number of hydrogen-bond acceptors (Lipinski definition) is 4. The minimum absolute atomic E-state index is 0.0497. The van der Waals surface area contributed by atoms with E-state index < -0.39 is 6.09 Å². The number of anilines is 2. The molecule has 2 heterocycles. The molecule has 1 saturated heterocycles. The molecule has 0 N–H and O–H groups in total. The molecule has 9 heteroatoms. The predicted octanol–water partition coefficient (Wildman–Crippen LogP) is 6.84. The molecule has 0 aromatic heterocycles. The number of fused-ring (bicyclic) bond motifs is 3. The first-order chi connectivity index (χ1) is 17.8. The summed E-state index contributed by atoms with van der Waals surface area (Å²) in [5.41, 5.74) is 3.65. The Morgan fingerprint density at radius 2 is 1.54 bits per heavy atom. The minimum Gasteiger partial charge on any atom is -0.410 e. The topological polar surface area (TPSA) is 53.1 Å². The number of benzene rings is 3. The van der Waals surface area contributed by atoms with E-state index in [0.717, 1.165) is 36.2 Å². The van der Waals surface area contributed by atoms with E-state index in [-0.39, 0.29) is 17.7 Å². The summed E-state index contributed by atoms with van der Waals surface area (Å²) in [5, 5.41) is 1.30. The summed E-state index contributed by atoms with van der Waals surface area (Å²) in [6.45, 7) is 2.73. The van der Waals surface area contributed by atoms with Crippen LogP contribution < -0.4 is 9.64 Å². The second-order valence-corrected chi connectivity index (χ2v) is 11.0. The van der Waals surface area contributed by atoms with Crippen molar-refractivity contribution in [3.63, 3.8) is 0 Å². The van der Waals surface area contributed by atoms with Gasteiger partial charge in [-0.15, -0.1) is 0 Å². The van der Waals surface area contributed by atoms with Gasteiger partial charge in [0.15, 0.2) is 0 Å². The van der Waals surface area contributed by atoms with Crippen LogP contribution in [0, 0.1) is 5.92 Å². The van der Waals surface area contributed by atoms with Crippen molar-refractivity contribution in [1.82, 2.24) is 9.80 Å². The number of amides is 2. The van der Waals surface area contributed by atoms with Gasteiger partial charge in [0.25, 0.3) is 0 Å². The van der Waals surface area contributed by atoms with Gasteiger partial charge in [0.2, 0.25) is 5.91 Å². The van der Waals surface area contributed by atoms with Gasteiger partial charge in [0, 0.05) is 48.7 Å². The maximum Gasteiger partial charge on any atom is 0.415 e. The van der Waals surface area contributed by atoms with Gasteiger partial charge in [0.1, 0.15) is 5.75 Å². The third-order valence-electron chi connectivity index (χ3n) is 7.36. The molecule has 0 spiro atoms. The van der Waals surface area contributed by atoms with Crippen LogP contribution in [-0.2, 0) is 4.79 Å². The average Bonchev–Trinajstić information content (AvgIpc) is 3.67. The Balaban J connectivity index is 1.51. The Kier molecular flexibility index (Phi) is 6.32. The molecule has 6 rings (SSSR count). The van der Waals surface area contributed by atoms with Gasteiger partial charge in [-0.05, 0) is 54.8 Å². The summed E-state index contributed by atoms with van der Waals surface area (Å²) >= 11 is 19.8. The maximum absolute atomic E-state index is 13.6. The van der Waals surface area contributed by atoms with Crippen molar-refractivity contribution in [2.45, 2.75) is 12.3 Å². The smallest absolute Gasteiger partial charge is 0.410 e. The molecular formula is C28H24Cl3N3O3. The zero-order chi connectivity index (χ0) is 25.8. The number of hydrogen-bond donors (Lipinski definition) is 0. The summed E-state index contributed by atoms with van der Waals surface area (Å²) in [7, 11) is 2.03. The van der Waals surface area contributed by atoms with Crippen molar-refractivity contribution < 1.29 is 14.3 Å². The van der Waals surface area contributed by atoms with Gasteiger partial charge >= 0.3 is 6.09 Å². The molecule has 3 aliphatic rings. The van der Waals surface area contributed by atoms with Crippen LogP contribution >= 0.6 is 34.8 Å². The summed E-state index contributed by atoms with van der Waals surface area (Å²) in [4.78, 5) is 32.2. The van der Waals surface area contributed by atoms with Gasteiger partial charge in [-0.25, -0.2) is 4.79 Å². The Morgan fingerprint density at radius 1 is 0.865 bits per heavy atom. The quantitative estimate of drug-likeness (QED) is 0.354. The van der Waals surface area contributed by atoms with Gasteiger partial charge in [-0.1, -0.05) is 59.1 Å². The lowest BCUT2D eigenvalue weighted by Gasteiger charge is -2.33. The van der Waals surface area contributed by atoms with E-state index >= 15 is 0 Å². The first-order valence-electron chi connectivity index (χ1n) is 12.2. The molecule has 3 aromatic carbocycles. The van der Waals surface area contributed by atoms with Crippen LogP contribution in [0.15, 0.2) is 54.6 Å². The number of rotatable bonds is 3. The summed E-state index contributed by atoms with van der Waals surface area (Å²) in [5.74, 6) is 0.145. The van der Waals surface area contributed by atoms with Crippen molar-refractivity contribution in [2.24, 2.45) is 5.92 Å². The Hall–Kier alpha value is -2.77. The third kappa shape index (κ3) is 4.36. The molecule has 2 fully saturated rings. The fourth-order valence-electron chi connectivity index (χ4n) is 5.31. The maximum atomic E-state index is 13.6. The number of piperazine rings is 1. The van der Waals surface area contributed by atoms with Crippen LogP contribution in [0.1, 0.15) is 17.9 Å². The zero-order valence-corrected chi connectivity index (χ0v) is 22.4. The van der Waals surface area contributed by atoms with Gasteiger partial charge < -0.3 is 14.5 Å². The lowest BCUT2D eigenvalue weighted by atomic mass is 9.90. The molecule has 0 radical (unpaired) electrons. The first kappa shape index (κ1) is 24.6. The van der Waals surface area contributed by atoms with Gasteiger partial charge in [-0.3, -0.25) is 9.69 Å². The lowest BCUT2D eigenvalue weighted by molar-refractivity contribution is -0.119. The average molecular weight is 557 g/mol. The van der Waals surface area contributed by atoms with E-state index in [1.807, 2.05) is 37.4 Å². The molecule has 6 nitrogen and oxygen atoms in total. The number of nitrogens with zero attached hydrogens (tertiary/aromatic N) is 3. The van der Waals surface area contributed by atoms with Crippen molar-refractivity contribution in [3.05, 3.63) is 75.2 Å².